The van der Waals surface area contributed by atoms with Gasteiger partial charge in [-0.25, -0.2) is 9.37 Å². The Balaban J connectivity index is 2.47. The molecule has 2 rings (SSSR count). The van der Waals surface area contributed by atoms with Crippen LogP contribution in [0.1, 0.15) is 5.76 Å². The van der Waals surface area contributed by atoms with E-state index < -0.39 is 0 Å². The summed E-state index contributed by atoms with van der Waals surface area (Å²) in [6.07, 6.45) is 1.38. The van der Waals surface area contributed by atoms with Crippen LogP contribution in [0.3, 0.4) is 0 Å². The molecule has 0 amide bonds. The van der Waals surface area contributed by atoms with E-state index in [2.05, 4.69) is 4.98 Å². The van der Waals surface area contributed by atoms with Gasteiger partial charge in [0.15, 0.2) is 6.39 Å². The Bertz CT molecular complexity index is 405. The highest BCUT2D eigenvalue weighted by Crippen LogP contribution is 2.20. The lowest BCUT2D eigenvalue weighted by molar-refractivity contribution is 0.527. The molecule has 1 aromatic heterocycles. The third kappa shape index (κ3) is 1.45. The van der Waals surface area contributed by atoms with E-state index in [9.17, 15) is 4.39 Å². The van der Waals surface area contributed by atoms with Crippen LogP contribution in [0.2, 0.25) is 0 Å². The molecule has 1 aromatic carbocycles. The Morgan fingerprint density at radius 2 is 1.92 bits per heavy atom. The minimum Gasteiger partial charge on any atom is -0.448 e. The van der Waals surface area contributed by atoms with E-state index in [1.165, 1.54) is 18.5 Å². The fourth-order valence-corrected chi connectivity index (χ4v) is 1.19. The quantitative estimate of drug-likeness (QED) is 0.669. The molecule has 0 unspecified atom stereocenters. The van der Waals surface area contributed by atoms with Gasteiger partial charge in [0.05, 0.1) is 0 Å². The molecule has 13 heavy (non-hydrogen) atoms. The summed E-state index contributed by atoms with van der Waals surface area (Å²) < 4.78 is 17.6. The van der Waals surface area contributed by atoms with E-state index in [0.29, 0.717) is 0 Å². The number of oxazole rings is 1. The predicted molar refractivity (Wildman–Crippen MR) is 46.6 cm³/mol. The predicted octanol–water partition coefficient (Wildman–Crippen LogP) is 2.79. The van der Waals surface area contributed by atoms with Crippen LogP contribution in [-0.4, -0.2) is 4.98 Å². The number of aryl methyl sites for hydroxylation is 1. The molecule has 2 aromatic rings. The standard InChI is InChI=1S/C10H8FNO/c1-7-10(12-6-13-7)8-2-4-9(11)5-3-8/h2-6H,1H3. The van der Waals surface area contributed by atoms with Crippen molar-refractivity contribution in [3.63, 3.8) is 0 Å². The fourth-order valence-electron chi connectivity index (χ4n) is 1.19. The number of aromatic nitrogens is 1. The average molecular weight is 177 g/mol. The Kier molecular flexibility index (Phi) is 1.85. The third-order valence-electron chi connectivity index (χ3n) is 1.86. The van der Waals surface area contributed by atoms with E-state index in [4.69, 9.17) is 4.42 Å². The first-order valence-corrected chi connectivity index (χ1v) is 3.93. The highest BCUT2D eigenvalue weighted by molar-refractivity contribution is 5.60. The van der Waals surface area contributed by atoms with E-state index in [0.717, 1.165) is 17.0 Å². The smallest absolute Gasteiger partial charge is 0.181 e. The summed E-state index contributed by atoms with van der Waals surface area (Å²) in [5.41, 5.74) is 1.63. The fraction of sp³-hybridized carbons (Fsp3) is 0.100. The molecule has 1 heterocycles. The maximum atomic E-state index is 12.6. The zero-order valence-corrected chi connectivity index (χ0v) is 7.12. The van der Waals surface area contributed by atoms with Crippen molar-refractivity contribution < 1.29 is 8.81 Å². The zero-order chi connectivity index (χ0) is 9.26. The lowest BCUT2D eigenvalue weighted by Gasteiger charge is -1.96. The minimum absolute atomic E-state index is 0.245. The van der Waals surface area contributed by atoms with Gasteiger partial charge in [-0.15, -0.1) is 0 Å². The molecule has 0 atom stereocenters. The Morgan fingerprint density at radius 1 is 1.23 bits per heavy atom. The topological polar surface area (TPSA) is 26.0 Å². The maximum Gasteiger partial charge on any atom is 0.181 e. The molecule has 0 spiro atoms. The second kappa shape index (κ2) is 3.01. The first-order valence-electron chi connectivity index (χ1n) is 3.93. The number of hydrogen-bond donors (Lipinski definition) is 0. The highest BCUT2D eigenvalue weighted by Gasteiger charge is 2.05. The number of rotatable bonds is 1. The summed E-state index contributed by atoms with van der Waals surface area (Å²) in [6.45, 7) is 1.83. The van der Waals surface area contributed by atoms with Gasteiger partial charge in [0, 0.05) is 5.56 Å². The van der Waals surface area contributed by atoms with E-state index in [1.54, 1.807) is 12.1 Å². The second-order valence-electron chi connectivity index (χ2n) is 2.76. The largest absolute Gasteiger partial charge is 0.448 e. The van der Waals surface area contributed by atoms with Crippen LogP contribution in [0.25, 0.3) is 11.3 Å². The number of benzene rings is 1. The van der Waals surface area contributed by atoms with Crippen molar-refractivity contribution in [3.8, 4) is 11.3 Å². The Hall–Kier alpha value is -1.64. The first-order chi connectivity index (χ1) is 6.27. The van der Waals surface area contributed by atoms with Crippen LogP contribution in [0.15, 0.2) is 35.1 Å². The van der Waals surface area contributed by atoms with Gasteiger partial charge in [0.25, 0.3) is 0 Å². The number of hydrogen-bond acceptors (Lipinski definition) is 2. The molecule has 0 fully saturated rings. The van der Waals surface area contributed by atoms with Crippen LogP contribution in [0.5, 0.6) is 0 Å². The van der Waals surface area contributed by atoms with E-state index in [-0.39, 0.29) is 5.82 Å². The van der Waals surface area contributed by atoms with Gasteiger partial charge in [0.2, 0.25) is 0 Å². The summed E-state index contributed by atoms with van der Waals surface area (Å²) in [5, 5.41) is 0. The number of nitrogens with zero attached hydrogens (tertiary/aromatic N) is 1. The van der Waals surface area contributed by atoms with Gasteiger partial charge in [-0.05, 0) is 31.2 Å². The summed E-state index contributed by atoms with van der Waals surface area (Å²) in [4.78, 5) is 4.03. The normalized spacial score (nSPS) is 10.3. The van der Waals surface area contributed by atoms with Crippen molar-refractivity contribution in [2.45, 2.75) is 6.92 Å². The number of halogens is 1. The van der Waals surface area contributed by atoms with Crippen LogP contribution >= 0.6 is 0 Å². The minimum atomic E-state index is -0.245. The monoisotopic (exact) mass is 177 g/mol. The molecular weight excluding hydrogens is 169 g/mol. The highest BCUT2D eigenvalue weighted by atomic mass is 19.1. The lowest BCUT2D eigenvalue weighted by atomic mass is 10.1. The molecule has 0 aliphatic heterocycles. The van der Waals surface area contributed by atoms with Gasteiger partial charge in [-0.3, -0.25) is 0 Å². The molecule has 0 aliphatic rings. The van der Waals surface area contributed by atoms with Crippen molar-refractivity contribution in [2.75, 3.05) is 0 Å². The molecule has 0 saturated heterocycles. The average Bonchev–Trinajstić information content (AvgIpc) is 2.53. The van der Waals surface area contributed by atoms with Gasteiger partial charge >= 0.3 is 0 Å². The van der Waals surface area contributed by atoms with Crippen LogP contribution in [0, 0.1) is 12.7 Å². The van der Waals surface area contributed by atoms with Gasteiger partial charge in [0.1, 0.15) is 17.3 Å². The maximum absolute atomic E-state index is 12.6. The van der Waals surface area contributed by atoms with Crippen LogP contribution in [-0.2, 0) is 0 Å². The van der Waals surface area contributed by atoms with Gasteiger partial charge in [-0.1, -0.05) is 0 Å². The van der Waals surface area contributed by atoms with Crippen molar-refractivity contribution in [1.82, 2.24) is 4.98 Å². The first kappa shape index (κ1) is 7.98. The molecule has 0 saturated carbocycles. The van der Waals surface area contributed by atoms with Gasteiger partial charge < -0.3 is 4.42 Å². The molecule has 0 bridgehead atoms. The van der Waals surface area contributed by atoms with Gasteiger partial charge in [-0.2, -0.15) is 0 Å². The molecule has 0 radical (unpaired) electrons. The SMILES string of the molecule is Cc1ocnc1-c1ccc(F)cc1. The molecular formula is C10H8FNO. The lowest BCUT2D eigenvalue weighted by Crippen LogP contribution is -1.80. The van der Waals surface area contributed by atoms with Crippen LogP contribution < -0.4 is 0 Å². The molecule has 66 valence electrons. The summed E-state index contributed by atoms with van der Waals surface area (Å²) in [7, 11) is 0. The second-order valence-corrected chi connectivity index (χ2v) is 2.76. The third-order valence-corrected chi connectivity index (χ3v) is 1.86. The molecule has 2 nitrogen and oxygen atoms in total. The zero-order valence-electron chi connectivity index (χ0n) is 7.12. The molecule has 0 N–H and O–H groups in total. The van der Waals surface area contributed by atoms with Crippen molar-refractivity contribution in [2.24, 2.45) is 0 Å². The molecule has 0 aliphatic carbocycles. The Labute approximate surface area is 75.0 Å². The summed E-state index contributed by atoms with van der Waals surface area (Å²) in [6, 6.07) is 6.17. The summed E-state index contributed by atoms with van der Waals surface area (Å²) >= 11 is 0. The van der Waals surface area contributed by atoms with Crippen molar-refractivity contribution in [3.05, 3.63) is 42.2 Å². The molecule has 3 heteroatoms. The van der Waals surface area contributed by atoms with Crippen molar-refractivity contribution in [1.29, 1.82) is 0 Å². The Morgan fingerprint density at radius 3 is 2.46 bits per heavy atom. The summed E-state index contributed by atoms with van der Waals surface area (Å²) in [5.74, 6) is 0.497. The van der Waals surface area contributed by atoms with Crippen LogP contribution in [0.4, 0.5) is 4.39 Å². The van der Waals surface area contributed by atoms with Crippen molar-refractivity contribution >= 4 is 0 Å². The van der Waals surface area contributed by atoms with E-state index in [1.807, 2.05) is 6.92 Å². The van der Waals surface area contributed by atoms with E-state index >= 15 is 0 Å².